The van der Waals surface area contributed by atoms with Gasteiger partial charge in [0.1, 0.15) is 23.1 Å². The Morgan fingerprint density at radius 2 is 1.71 bits per heavy atom. The Hall–Kier alpha value is -3.66. The molecule has 0 radical (unpaired) electrons. The molecule has 4 atom stereocenters. The van der Waals surface area contributed by atoms with Crippen molar-refractivity contribution in [1.29, 1.82) is 0 Å². The van der Waals surface area contributed by atoms with Crippen molar-refractivity contribution < 1.29 is 28.9 Å². The van der Waals surface area contributed by atoms with Gasteiger partial charge < -0.3 is 19.3 Å². The summed E-state index contributed by atoms with van der Waals surface area (Å²) >= 11 is 0. The first-order valence-corrected chi connectivity index (χ1v) is 15.8. The third kappa shape index (κ3) is 7.77. The zero-order chi connectivity index (χ0) is 33.2. The second kappa shape index (κ2) is 13.0. The van der Waals surface area contributed by atoms with E-state index in [4.69, 9.17) is 14.2 Å². The minimum atomic E-state index is -0.498. The number of ether oxygens (including phenoxy) is 3. The van der Waals surface area contributed by atoms with Crippen LogP contribution in [0.3, 0.4) is 0 Å². The van der Waals surface area contributed by atoms with Gasteiger partial charge in [-0.3, -0.25) is 4.79 Å². The predicted molar refractivity (Wildman–Crippen MR) is 177 cm³/mol. The lowest BCUT2D eigenvalue weighted by Crippen LogP contribution is -2.46. The van der Waals surface area contributed by atoms with Gasteiger partial charge in [-0.2, -0.15) is 0 Å². The lowest BCUT2D eigenvalue weighted by Gasteiger charge is -2.39. The third-order valence-electron chi connectivity index (χ3n) is 9.25. The molecule has 0 bridgehead atoms. The smallest absolute Gasteiger partial charge is 0.343 e. The maximum atomic E-state index is 12.5. The van der Waals surface area contributed by atoms with Gasteiger partial charge >= 0.3 is 11.9 Å². The standard InChI is InChI=1S/C39H48O6/c1-26(16-17-34-28(3)21-33(43-29(4)40)25-36(34,5)6)14-12-10-11-13-15-27(2)20-32-22-30(35(42)44-32)18-19-39-37(7,8)23-31(41)24-38(39,9)45-39/h10-15,18-20,22,31,33,41H,21,23-25H2,1-9H3/b12-10+,13-11+,19-18+,26-14+,27-15+,32-20-. The van der Waals surface area contributed by atoms with Crippen molar-refractivity contribution in [2.75, 3.05) is 0 Å². The highest BCUT2D eigenvalue weighted by Crippen LogP contribution is 2.66. The van der Waals surface area contributed by atoms with Crippen molar-refractivity contribution in [3.63, 3.8) is 0 Å². The molecule has 2 aliphatic carbocycles. The molecule has 6 nitrogen and oxygen atoms in total. The van der Waals surface area contributed by atoms with Gasteiger partial charge in [0.05, 0.1) is 11.7 Å². The summed E-state index contributed by atoms with van der Waals surface area (Å²) in [4.78, 5) is 23.9. The molecule has 4 rings (SSSR count). The van der Waals surface area contributed by atoms with Gasteiger partial charge in [-0.15, -0.1) is 0 Å². The van der Waals surface area contributed by atoms with Crippen LogP contribution in [-0.2, 0) is 23.8 Å². The Labute approximate surface area is 269 Å². The van der Waals surface area contributed by atoms with Crippen molar-refractivity contribution >= 4 is 11.9 Å². The quantitative estimate of drug-likeness (QED) is 0.137. The molecule has 2 fully saturated rings. The highest BCUT2D eigenvalue weighted by atomic mass is 16.6. The fraction of sp³-hybridized carbons (Fsp3) is 0.487. The van der Waals surface area contributed by atoms with E-state index >= 15 is 0 Å². The third-order valence-corrected chi connectivity index (χ3v) is 9.25. The monoisotopic (exact) mass is 612 g/mol. The molecule has 4 unspecified atom stereocenters. The van der Waals surface area contributed by atoms with Gasteiger partial charge in [0.25, 0.3) is 0 Å². The van der Waals surface area contributed by atoms with Gasteiger partial charge in [0, 0.05) is 36.2 Å². The number of hydrogen-bond acceptors (Lipinski definition) is 6. The predicted octanol–water partition coefficient (Wildman–Crippen LogP) is 7.69. The van der Waals surface area contributed by atoms with Gasteiger partial charge in [-0.1, -0.05) is 81.6 Å². The van der Waals surface area contributed by atoms with Crippen molar-refractivity contribution in [2.45, 2.75) is 111 Å². The summed E-state index contributed by atoms with van der Waals surface area (Å²) in [7, 11) is 0. The summed E-state index contributed by atoms with van der Waals surface area (Å²) in [6.07, 6.45) is 21.3. The molecule has 0 aromatic heterocycles. The highest BCUT2D eigenvalue weighted by molar-refractivity contribution is 5.95. The molecule has 0 aromatic carbocycles. The van der Waals surface area contributed by atoms with Gasteiger partial charge in [-0.25, -0.2) is 4.79 Å². The van der Waals surface area contributed by atoms with Crippen LogP contribution < -0.4 is 0 Å². The summed E-state index contributed by atoms with van der Waals surface area (Å²) in [5, 5.41) is 10.3. The first kappa shape index (κ1) is 34.2. The average Bonchev–Trinajstić information content (AvgIpc) is 3.37. The molecule has 0 spiro atoms. The number of epoxide rings is 1. The Balaban J connectivity index is 1.33. The Morgan fingerprint density at radius 3 is 2.36 bits per heavy atom. The molecule has 45 heavy (non-hydrogen) atoms. The SMILES string of the molecule is CC(=O)OC1CC(C)=C(C#C/C(C)=C/C=C/C=C/C=C(C)/C=C2C=C(/C=C/C34OC3(C)CC(O)CC4(C)C)C(=O)O/2)C(C)(C)C1. The summed E-state index contributed by atoms with van der Waals surface area (Å²) in [6.45, 7) is 18.0. The van der Waals surface area contributed by atoms with Crippen molar-refractivity contribution in [3.05, 3.63) is 94.4 Å². The highest BCUT2D eigenvalue weighted by Gasteiger charge is 2.74. The van der Waals surface area contributed by atoms with Crippen LogP contribution in [0.5, 0.6) is 0 Å². The topological polar surface area (TPSA) is 85.4 Å². The fourth-order valence-electron chi connectivity index (χ4n) is 7.25. The molecule has 4 aliphatic rings. The van der Waals surface area contributed by atoms with Gasteiger partial charge in [-0.05, 0) is 76.0 Å². The van der Waals surface area contributed by atoms with E-state index in [9.17, 15) is 14.7 Å². The lowest BCUT2D eigenvalue weighted by atomic mass is 9.63. The first-order chi connectivity index (χ1) is 21.0. The van der Waals surface area contributed by atoms with Crippen molar-refractivity contribution in [1.82, 2.24) is 0 Å². The number of cyclic esters (lactones) is 1. The molecule has 2 heterocycles. The number of aliphatic hydroxyl groups excluding tert-OH is 1. The molecule has 1 N–H and O–H groups in total. The minimum absolute atomic E-state index is 0.0897. The first-order valence-electron chi connectivity index (χ1n) is 15.8. The second-order valence-electron chi connectivity index (χ2n) is 14.3. The van der Waals surface area contributed by atoms with Crippen LogP contribution in [0.1, 0.15) is 88.0 Å². The maximum absolute atomic E-state index is 12.5. The molecular weight excluding hydrogens is 564 g/mol. The van der Waals surface area contributed by atoms with Crippen LogP contribution in [0, 0.1) is 22.7 Å². The summed E-state index contributed by atoms with van der Waals surface area (Å²) in [5.41, 5.74) is 3.36. The van der Waals surface area contributed by atoms with E-state index < -0.39 is 11.2 Å². The molecule has 2 aliphatic heterocycles. The molecule has 0 aromatic rings. The number of fused-ring (bicyclic) bond motifs is 1. The van der Waals surface area contributed by atoms with Crippen LogP contribution in [0.2, 0.25) is 0 Å². The van der Waals surface area contributed by atoms with Gasteiger partial charge in [0.15, 0.2) is 0 Å². The number of allylic oxidation sites excluding steroid dienone is 11. The Kier molecular flexibility index (Phi) is 9.87. The number of aliphatic hydroxyl groups is 1. The molecule has 1 saturated heterocycles. The number of carbonyl (C=O) groups excluding carboxylic acids is 2. The largest absolute Gasteiger partial charge is 0.462 e. The average molecular weight is 613 g/mol. The fourth-order valence-corrected chi connectivity index (χ4v) is 7.25. The molecule has 6 heteroatoms. The van der Waals surface area contributed by atoms with E-state index in [1.165, 1.54) is 12.5 Å². The zero-order valence-corrected chi connectivity index (χ0v) is 28.2. The number of esters is 2. The summed E-state index contributed by atoms with van der Waals surface area (Å²) in [6, 6.07) is 0. The summed E-state index contributed by atoms with van der Waals surface area (Å²) in [5.74, 6) is 6.52. The maximum Gasteiger partial charge on any atom is 0.343 e. The van der Waals surface area contributed by atoms with Crippen LogP contribution in [0.15, 0.2) is 94.4 Å². The van der Waals surface area contributed by atoms with E-state index in [2.05, 4.69) is 46.5 Å². The van der Waals surface area contributed by atoms with Crippen LogP contribution in [0.4, 0.5) is 0 Å². The van der Waals surface area contributed by atoms with E-state index in [1.54, 1.807) is 12.2 Å². The number of carbonyl (C=O) groups is 2. The molecule has 1 saturated carbocycles. The summed E-state index contributed by atoms with van der Waals surface area (Å²) < 4.78 is 17.1. The Morgan fingerprint density at radius 1 is 1.02 bits per heavy atom. The molecule has 240 valence electrons. The van der Waals surface area contributed by atoms with Crippen molar-refractivity contribution in [3.8, 4) is 11.8 Å². The lowest BCUT2D eigenvalue weighted by molar-refractivity contribution is -0.147. The number of rotatable bonds is 7. The van der Waals surface area contributed by atoms with E-state index in [0.29, 0.717) is 24.2 Å². The Bertz CT molecular complexity index is 1540. The van der Waals surface area contributed by atoms with Gasteiger partial charge in [0.2, 0.25) is 0 Å². The van der Waals surface area contributed by atoms with E-state index in [1.807, 2.05) is 69.4 Å². The normalized spacial score (nSPS) is 32.1. The van der Waals surface area contributed by atoms with Crippen LogP contribution in [0.25, 0.3) is 0 Å². The molecule has 0 amide bonds. The van der Waals surface area contributed by atoms with E-state index in [0.717, 1.165) is 29.6 Å². The van der Waals surface area contributed by atoms with Crippen LogP contribution in [-0.4, -0.2) is 40.5 Å². The van der Waals surface area contributed by atoms with Crippen LogP contribution >= 0.6 is 0 Å². The van der Waals surface area contributed by atoms with E-state index in [-0.39, 0.29) is 35.0 Å². The molecular formula is C39H48O6. The van der Waals surface area contributed by atoms with Crippen molar-refractivity contribution in [2.24, 2.45) is 10.8 Å². The minimum Gasteiger partial charge on any atom is -0.462 e. The number of hydrogen-bond donors (Lipinski definition) is 1. The zero-order valence-electron chi connectivity index (χ0n) is 28.2. The second-order valence-corrected chi connectivity index (χ2v) is 14.3.